The number of hydrogen-bond acceptors (Lipinski definition) is 3. The quantitative estimate of drug-likeness (QED) is 0.770. The number of benzene rings is 2. The van der Waals surface area contributed by atoms with Crippen molar-refractivity contribution in [2.24, 2.45) is 0 Å². The van der Waals surface area contributed by atoms with Crippen molar-refractivity contribution in [3.63, 3.8) is 0 Å². The molecule has 2 N–H and O–H groups in total. The van der Waals surface area contributed by atoms with Crippen molar-refractivity contribution in [1.29, 1.82) is 0 Å². The Balaban J connectivity index is 1.34. The number of aryl methyl sites for hydroxylation is 1. The first kappa shape index (κ1) is 19.0. The van der Waals surface area contributed by atoms with Crippen LogP contribution in [0.1, 0.15) is 55.7 Å². The van der Waals surface area contributed by atoms with Gasteiger partial charge in [0.25, 0.3) is 0 Å². The molecule has 5 rings (SSSR count). The van der Waals surface area contributed by atoms with Gasteiger partial charge in [-0.15, -0.1) is 0 Å². The van der Waals surface area contributed by atoms with Gasteiger partial charge < -0.3 is 20.3 Å². The Morgan fingerprint density at radius 1 is 1.13 bits per heavy atom. The molecule has 0 unspecified atom stereocenters. The summed E-state index contributed by atoms with van der Waals surface area (Å²) in [5, 5.41) is 6.12. The van der Waals surface area contributed by atoms with Gasteiger partial charge in [-0.3, -0.25) is 4.79 Å². The van der Waals surface area contributed by atoms with Crippen molar-refractivity contribution in [2.75, 3.05) is 17.3 Å². The van der Waals surface area contributed by atoms with E-state index in [2.05, 4.69) is 10.6 Å². The number of nitrogens with one attached hydrogen (secondary N) is 2. The van der Waals surface area contributed by atoms with E-state index in [9.17, 15) is 9.59 Å². The van der Waals surface area contributed by atoms with Crippen molar-refractivity contribution in [2.45, 2.75) is 56.6 Å². The van der Waals surface area contributed by atoms with Gasteiger partial charge in [-0.05, 0) is 55.9 Å². The van der Waals surface area contributed by atoms with Crippen LogP contribution in [-0.2, 0) is 11.2 Å². The van der Waals surface area contributed by atoms with Crippen LogP contribution < -0.4 is 20.3 Å². The molecule has 156 valence electrons. The highest BCUT2D eigenvalue weighted by Gasteiger charge is 2.43. The molecule has 6 nitrogen and oxygen atoms in total. The number of fused-ring (bicyclic) bond motifs is 2. The van der Waals surface area contributed by atoms with Crippen LogP contribution in [0.3, 0.4) is 0 Å². The van der Waals surface area contributed by atoms with E-state index in [0.29, 0.717) is 12.1 Å². The molecule has 2 aromatic rings. The van der Waals surface area contributed by atoms with Crippen LogP contribution in [0, 0.1) is 0 Å². The second-order valence-corrected chi connectivity index (χ2v) is 8.68. The van der Waals surface area contributed by atoms with Crippen LogP contribution in [0.4, 0.5) is 16.2 Å². The van der Waals surface area contributed by atoms with Crippen LogP contribution in [0.2, 0.25) is 0 Å². The number of amides is 3. The van der Waals surface area contributed by atoms with Gasteiger partial charge in [-0.1, -0.05) is 24.3 Å². The molecule has 0 saturated heterocycles. The van der Waals surface area contributed by atoms with Crippen molar-refractivity contribution in [3.8, 4) is 5.75 Å². The fourth-order valence-electron chi connectivity index (χ4n) is 5.11. The molecular weight excluding hydrogens is 378 g/mol. The topological polar surface area (TPSA) is 70.7 Å². The normalized spacial score (nSPS) is 21.6. The lowest BCUT2D eigenvalue weighted by atomic mass is 9.86. The lowest BCUT2D eigenvalue weighted by Gasteiger charge is -2.40. The standard InChI is InChI=1S/C24H27N3O3/c1-27-20-14-17(10-8-16(20)9-11-22(27)28)25-23(29)26-19-15-24(12-4-5-13-24)30-21-7-3-2-6-18(19)21/h2-3,6-8,10,14,19H,4-5,9,11-13,15H2,1H3,(H2,25,26,29)/t19-/m1/s1. The maximum Gasteiger partial charge on any atom is 0.319 e. The van der Waals surface area contributed by atoms with Gasteiger partial charge in [0.15, 0.2) is 0 Å². The van der Waals surface area contributed by atoms with Gasteiger partial charge in [0.05, 0.1) is 6.04 Å². The molecule has 2 aliphatic heterocycles. The molecule has 0 aromatic heterocycles. The van der Waals surface area contributed by atoms with E-state index < -0.39 is 0 Å². The van der Waals surface area contributed by atoms with Gasteiger partial charge in [-0.25, -0.2) is 4.79 Å². The number of hydrogen-bond donors (Lipinski definition) is 2. The zero-order valence-electron chi connectivity index (χ0n) is 17.2. The first-order valence-electron chi connectivity index (χ1n) is 10.8. The van der Waals surface area contributed by atoms with Gasteiger partial charge >= 0.3 is 6.03 Å². The number of carbonyl (C=O) groups excluding carboxylic acids is 2. The third-order valence-electron chi connectivity index (χ3n) is 6.70. The van der Waals surface area contributed by atoms with Gasteiger partial charge in [0.1, 0.15) is 11.4 Å². The Hall–Kier alpha value is -3.02. The molecule has 30 heavy (non-hydrogen) atoms. The molecule has 1 spiro atoms. The van der Waals surface area contributed by atoms with Crippen LogP contribution in [0.25, 0.3) is 0 Å². The van der Waals surface area contributed by atoms with Crippen LogP contribution in [-0.4, -0.2) is 24.6 Å². The second kappa shape index (κ2) is 7.35. The summed E-state index contributed by atoms with van der Waals surface area (Å²) >= 11 is 0. The number of para-hydroxylation sites is 1. The number of ether oxygens (including phenoxy) is 1. The highest BCUT2D eigenvalue weighted by atomic mass is 16.5. The van der Waals surface area contributed by atoms with E-state index in [1.165, 1.54) is 12.8 Å². The third kappa shape index (κ3) is 3.40. The highest BCUT2D eigenvalue weighted by Crippen LogP contribution is 2.47. The molecule has 1 saturated carbocycles. The molecule has 0 radical (unpaired) electrons. The summed E-state index contributed by atoms with van der Waals surface area (Å²) in [5.74, 6) is 0.981. The van der Waals surface area contributed by atoms with Gasteiger partial charge in [0.2, 0.25) is 5.91 Å². The van der Waals surface area contributed by atoms with Crippen LogP contribution in [0.15, 0.2) is 42.5 Å². The molecule has 6 heteroatoms. The molecule has 2 heterocycles. The molecular formula is C24H27N3O3. The smallest absolute Gasteiger partial charge is 0.319 e. The number of carbonyl (C=O) groups is 2. The number of anilines is 2. The summed E-state index contributed by atoms with van der Waals surface area (Å²) in [4.78, 5) is 26.5. The summed E-state index contributed by atoms with van der Waals surface area (Å²) in [6.45, 7) is 0. The monoisotopic (exact) mass is 405 g/mol. The number of nitrogens with zero attached hydrogens (tertiary/aromatic N) is 1. The summed E-state index contributed by atoms with van der Waals surface area (Å²) in [5.41, 5.74) is 3.54. The Kier molecular flexibility index (Phi) is 4.65. The van der Waals surface area contributed by atoms with E-state index in [1.54, 1.807) is 11.9 Å². The van der Waals surface area contributed by atoms with E-state index >= 15 is 0 Å². The van der Waals surface area contributed by atoms with Gasteiger partial charge in [-0.2, -0.15) is 0 Å². The number of rotatable bonds is 2. The maximum absolute atomic E-state index is 12.9. The number of urea groups is 1. The largest absolute Gasteiger partial charge is 0.487 e. The van der Waals surface area contributed by atoms with Crippen LogP contribution >= 0.6 is 0 Å². The van der Waals surface area contributed by atoms with Crippen molar-refractivity contribution in [1.82, 2.24) is 5.32 Å². The first-order valence-corrected chi connectivity index (χ1v) is 10.8. The lowest BCUT2D eigenvalue weighted by molar-refractivity contribution is -0.118. The zero-order chi connectivity index (χ0) is 20.7. The third-order valence-corrected chi connectivity index (χ3v) is 6.70. The molecule has 1 fully saturated rings. The Morgan fingerprint density at radius 2 is 1.93 bits per heavy atom. The molecule has 2 aromatic carbocycles. The van der Waals surface area contributed by atoms with Crippen molar-refractivity contribution in [3.05, 3.63) is 53.6 Å². The average Bonchev–Trinajstić information content (AvgIpc) is 3.18. The Morgan fingerprint density at radius 3 is 2.77 bits per heavy atom. The fourth-order valence-corrected chi connectivity index (χ4v) is 5.11. The van der Waals surface area contributed by atoms with E-state index in [1.807, 2.05) is 42.5 Å². The minimum absolute atomic E-state index is 0.0880. The molecule has 3 aliphatic rings. The second-order valence-electron chi connectivity index (χ2n) is 8.68. The summed E-state index contributed by atoms with van der Waals surface area (Å²) < 4.78 is 6.39. The minimum atomic E-state index is -0.241. The first-order chi connectivity index (χ1) is 14.5. The fraction of sp³-hybridized carbons (Fsp3) is 0.417. The summed E-state index contributed by atoms with van der Waals surface area (Å²) in [7, 11) is 1.78. The van der Waals surface area contributed by atoms with Crippen molar-refractivity contribution < 1.29 is 14.3 Å². The van der Waals surface area contributed by atoms with E-state index in [-0.39, 0.29) is 23.6 Å². The Labute approximate surface area is 176 Å². The predicted molar refractivity (Wildman–Crippen MR) is 116 cm³/mol. The molecule has 1 aliphatic carbocycles. The average molecular weight is 405 g/mol. The van der Waals surface area contributed by atoms with Crippen LogP contribution in [0.5, 0.6) is 5.75 Å². The zero-order valence-corrected chi connectivity index (χ0v) is 17.2. The summed E-state index contributed by atoms with van der Waals surface area (Å²) in [6, 6.07) is 13.4. The molecule has 0 bridgehead atoms. The van der Waals surface area contributed by atoms with Gasteiger partial charge in [0, 0.05) is 36.8 Å². The molecule has 3 amide bonds. The van der Waals surface area contributed by atoms with Crippen molar-refractivity contribution >= 4 is 23.3 Å². The minimum Gasteiger partial charge on any atom is -0.487 e. The lowest BCUT2D eigenvalue weighted by Crippen LogP contribution is -2.44. The van der Waals surface area contributed by atoms with E-state index in [0.717, 1.165) is 48.2 Å². The SMILES string of the molecule is CN1C(=O)CCc2ccc(NC(=O)N[C@@H]3CC4(CCCC4)Oc4ccccc43)cc21. The Bertz CT molecular complexity index is 997. The molecule has 1 atom stereocenters. The van der Waals surface area contributed by atoms with E-state index in [4.69, 9.17) is 4.74 Å². The highest BCUT2D eigenvalue weighted by molar-refractivity contribution is 5.97. The summed E-state index contributed by atoms with van der Waals surface area (Å²) in [6.07, 6.45) is 6.47. The maximum atomic E-state index is 12.9. The predicted octanol–water partition coefficient (Wildman–Crippen LogP) is 4.55.